The first kappa shape index (κ1) is 22.5. The molecule has 2 rings (SSSR count). The van der Waals surface area contributed by atoms with Gasteiger partial charge in [-0.2, -0.15) is 0 Å². The largest absolute Gasteiger partial charge is 0.357 e. The summed E-state index contributed by atoms with van der Waals surface area (Å²) >= 11 is 0. The van der Waals surface area contributed by atoms with Gasteiger partial charge in [0.1, 0.15) is 0 Å². The molecule has 7 heteroatoms. The highest BCUT2D eigenvalue weighted by Gasteiger charge is 2.30. The Balaban J connectivity index is 0.00000312. The zero-order chi connectivity index (χ0) is 17.7. The molecule has 0 radical (unpaired) electrons. The van der Waals surface area contributed by atoms with Gasteiger partial charge in [-0.1, -0.05) is 13.8 Å². The number of amides is 1. The number of carbonyl (C=O) groups is 1. The molecule has 0 spiro atoms. The number of halogens is 1. The van der Waals surface area contributed by atoms with Crippen LogP contribution in [0.4, 0.5) is 0 Å². The van der Waals surface area contributed by atoms with E-state index in [-0.39, 0.29) is 35.8 Å². The Morgan fingerprint density at radius 2 is 1.96 bits per heavy atom. The fourth-order valence-corrected chi connectivity index (χ4v) is 3.15. The van der Waals surface area contributed by atoms with E-state index in [1.165, 1.54) is 12.8 Å². The number of likely N-dealkylation sites (tertiary alicyclic amines) is 1. The number of aliphatic imine (C=N–C) groups is 1. The monoisotopic (exact) mass is 465 g/mol. The van der Waals surface area contributed by atoms with E-state index in [9.17, 15) is 4.79 Å². The molecule has 1 amide bonds. The summed E-state index contributed by atoms with van der Waals surface area (Å²) in [4.78, 5) is 21.3. The summed E-state index contributed by atoms with van der Waals surface area (Å²) in [5.41, 5.74) is 0. The van der Waals surface area contributed by atoms with Crippen LogP contribution in [0.1, 0.15) is 47.0 Å². The van der Waals surface area contributed by atoms with Crippen LogP contribution >= 0.6 is 24.0 Å². The first-order chi connectivity index (χ1) is 11.4. The number of guanidine groups is 1. The molecule has 146 valence electrons. The van der Waals surface area contributed by atoms with Crippen LogP contribution in [-0.4, -0.2) is 73.0 Å². The van der Waals surface area contributed by atoms with Crippen molar-refractivity contribution in [3.8, 4) is 0 Å². The van der Waals surface area contributed by atoms with E-state index in [2.05, 4.69) is 36.4 Å². The predicted molar refractivity (Wildman–Crippen MR) is 115 cm³/mol. The molecule has 6 nitrogen and oxygen atoms in total. The minimum absolute atomic E-state index is 0. The van der Waals surface area contributed by atoms with Gasteiger partial charge in [-0.05, 0) is 40.2 Å². The van der Waals surface area contributed by atoms with Gasteiger partial charge in [0.25, 0.3) is 0 Å². The fourth-order valence-electron chi connectivity index (χ4n) is 3.15. The average molecular weight is 465 g/mol. The van der Waals surface area contributed by atoms with Crippen molar-refractivity contribution in [1.82, 2.24) is 20.4 Å². The van der Waals surface area contributed by atoms with Crippen molar-refractivity contribution >= 4 is 35.8 Å². The highest BCUT2D eigenvalue weighted by atomic mass is 127. The van der Waals surface area contributed by atoms with Gasteiger partial charge in [0, 0.05) is 43.7 Å². The van der Waals surface area contributed by atoms with Gasteiger partial charge >= 0.3 is 0 Å². The Kier molecular flexibility index (Phi) is 9.48. The number of hydrogen-bond acceptors (Lipinski definition) is 3. The third-order valence-corrected chi connectivity index (χ3v) is 5.01. The summed E-state index contributed by atoms with van der Waals surface area (Å²) in [5.74, 6) is 1.20. The topological polar surface area (TPSA) is 60.0 Å². The highest BCUT2D eigenvalue weighted by molar-refractivity contribution is 14.0. The summed E-state index contributed by atoms with van der Waals surface area (Å²) in [6.07, 6.45) is 3.63. The molecule has 0 bridgehead atoms. The lowest BCUT2D eigenvalue weighted by molar-refractivity contribution is -0.133. The molecule has 0 aromatic rings. The van der Waals surface area contributed by atoms with Gasteiger partial charge in [-0.3, -0.25) is 14.7 Å². The number of carbonyl (C=O) groups excluding carboxylic acids is 1. The van der Waals surface area contributed by atoms with Crippen molar-refractivity contribution in [2.45, 2.75) is 65.1 Å². The molecule has 1 saturated heterocycles. The van der Waals surface area contributed by atoms with Gasteiger partial charge < -0.3 is 15.5 Å². The molecular formula is C18H36IN5O. The number of likely N-dealkylation sites (N-methyl/N-ethyl adjacent to an activating group) is 1. The van der Waals surface area contributed by atoms with Crippen LogP contribution in [0.3, 0.4) is 0 Å². The quantitative estimate of drug-likeness (QED) is 0.343. The lowest BCUT2D eigenvalue weighted by atomic mass is 10.2. The number of nitrogens with zero attached hydrogens (tertiary/aromatic N) is 3. The Morgan fingerprint density at radius 1 is 1.28 bits per heavy atom. The van der Waals surface area contributed by atoms with Crippen LogP contribution in [0.5, 0.6) is 0 Å². The molecule has 0 aromatic carbocycles. The molecule has 2 unspecified atom stereocenters. The van der Waals surface area contributed by atoms with Crippen LogP contribution in [0.15, 0.2) is 4.99 Å². The average Bonchev–Trinajstić information content (AvgIpc) is 3.30. The third-order valence-electron chi connectivity index (χ3n) is 5.01. The zero-order valence-electron chi connectivity index (χ0n) is 16.4. The fraction of sp³-hybridized carbons (Fsp3) is 0.889. The van der Waals surface area contributed by atoms with E-state index in [1.54, 1.807) is 0 Å². The summed E-state index contributed by atoms with van der Waals surface area (Å²) in [5, 5.41) is 6.84. The van der Waals surface area contributed by atoms with Crippen molar-refractivity contribution in [1.29, 1.82) is 0 Å². The van der Waals surface area contributed by atoms with E-state index in [0.717, 1.165) is 44.6 Å². The van der Waals surface area contributed by atoms with E-state index in [1.807, 2.05) is 18.7 Å². The van der Waals surface area contributed by atoms with Gasteiger partial charge in [0.2, 0.25) is 5.91 Å². The first-order valence-corrected chi connectivity index (χ1v) is 9.47. The van der Waals surface area contributed by atoms with Crippen LogP contribution in [0, 0.1) is 5.92 Å². The van der Waals surface area contributed by atoms with Crippen molar-refractivity contribution in [3.05, 3.63) is 0 Å². The summed E-state index contributed by atoms with van der Waals surface area (Å²) < 4.78 is 0. The van der Waals surface area contributed by atoms with E-state index in [4.69, 9.17) is 4.99 Å². The maximum Gasteiger partial charge on any atom is 0.225 e. The second kappa shape index (κ2) is 10.5. The SMILES string of the molecule is CCNC(=NCC(C)N(C)C1CC1)NC1CCN(C(=O)C(C)C)C1.I. The Morgan fingerprint density at radius 3 is 2.52 bits per heavy atom. The molecule has 1 aliphatic heterocycles. The van der Waals surface area contributed by atoms with Gasteiger partial charge in [0.05, 0.1) is 6.54 Å². The number of nitrogens with one attached hydrogen (secondary N) is 2. The lowest BCUT2D eigenvalue weighted by Crippen LogP contribution is -2.46. The number of rotatable bonds is 7. The van der Waals surface area contributed by atoms with Crippen LogP contribution in [0.2, 0.25) is 0 Å². The molecule has 2 N–H and O–H groups in total. The Labute approximate surface area is 170 Å². The van der Waals surface area contributed by atoms with Gasteiger partial charge in [-0.25, -0.2) is 0 Å². The second-order valence-corrected chi connectivity index (χ2v) is 7.53. The first-order valence-electron chi connectivity index (χ1n) is 9.47. The lowest BCUT2D eigenvalue weighted by Gasteiger charge is -2.24. The molecular weight excluding hydrogens is 429 g/mol. The Bertz CT molecular complexity index is 453. The van der Waals surface area contributed by atoms with Crippen molar-refractivity contribution in [2.75, 3.05) is 33.2 Å². The molecule has 1 aliphatic carbocycles. The maximum atomic E-state index is 12.1. The molecule has 2 atom stereocenters. The normalized spacial score (nSPS) is 22.1. The van der Waals surface area contributed by atoms with E-state index in [0.29, 0.717) is 12.1 Å². The summed E-state index contributed by atoms with van der Waals surface area (Å²) in [7, 11) is 2.20. The molecule has 2 fully saturated rings. The molecule has 25 heavy (non-hydrogen) atoms. The molecule has 1 heterocycles. The Hall–Kier alpha value is -0.570. The van der Waals surface area contributed by atoms with Gasteiger partial charge in [-0.15, -0.1) is 24.0 Å². The van der Waals surface area contributed by atoms with Crippen LogP contribution < -0.4 is 10.6 Å². The molecule has 0 aromatic heterocycles. The summed E-state index contributed by atoms with van der Waals surface area (Å²) in [6, 6.07) is 1.51. The third kappa shape index (κ3) is 6.92. The summed E-state index contributed by atoms with van der Waals surface area (Å²) in [6.45, 7) is 11.5. The minimum atomic E-state index is 0. The second-order valence-electron chi connectivity index (χ2n) is 7.53. The van der Waals surface area contributed by atoms with Crippen LogP contribution in [0.25, 0.3) is 0 Å². The van der Waals surface area contributed by atoms with Crippen molar-refractivity contribution in [2.24, 2.45) is 10.9 Å². The van der Waals surface area contributed by atoms with E-state index >= 15 is 0 Å². The van der Waals surface area contributed by atoms with Crippen molar-refractivity contribution in [3.63, 3.8) is 0 Å². The smallest absolute Gasteiger partial charge is 0.225 e. The minimum Gasteiger partial charge on any atom is -0.357 e. The molecule has 2 aliphatic rings. The standard InChI is InChI=1S/C18H35N5O.HI/c1-6-19-18(20-11-14(4)22(5)16-7-8-16)21-15-9-10-23(12-15)17(24)13(2)3;/h13-16H,6-12H2,1-5H3,(H2,19,20,21);1H. The van der Waals surface area contributed by atoms with Crippen LogP contribution in [-0.2, 0) is 4.79 Å². The zero-order valence-corrected chi connectivity index (χ0v) is 18.7. The highest BCUT2D eigenvalue weighted by Crippen LogP contribution is 2.26. The molecule has 1 saturated carbocycles. The maximum absolute atomic E-state index is 12.1. The van der Waals surface area contributed by atoms with E-state index < -0.39 is 0 Å². The number of hydrogen-bond donors (Lipinski definition) is 2. The van der Waals surface area contributed by atoms with Gasteiger partial charge in [0.15, 0.2) is 5.96 Å². The van der Waals surface area contributed by atoms with Crippen molar-refractivity contribution < 1.29 is 4.79 Å². The predicted octanol–water partition coefficient (Wildman–Crippen LogP) is 1.90.